The van der Waals surface area contributed by atoms with Gasteiger partial charge in [0.1, 0.15) is 11.8 Å². The van der Waals surface area contributed by atoms with Crippen LogP contribution in [0.3, 0.4) is 0 Å². The number of anilines is 1. The fraction of sp³-hybridized carbons (Fsp3) is 0.381. The van der Waals surface area contributed by atoms with Crippen LogP contribution in [0, 0.1) is 0 Å². The zero-order valence-corrected chi connectivity index (χ0v) is 19.8. The predicted octanol–water partition coefficient (Wildman–Crippen LogP) is 2.05. The zero-order chi connectivity index (χ0) is 23.5. The molecule has 11 heteroatoms. The van der Waals surface area contributed by atoms with E-state index in [1.54, 1.807) is 30.3 Å². The normalized spacial score (nSPS) is 16.1. The Bertz CT molecular complexity index is 1180. The van der Waals surface area contributed by atoms with Crippen molar-refractivity contribution in [1.29, 1.82) is 0 Å². The molecule has 0 unspecified atom stereocenters. The number of sulfonamides is 2. The Morgan fingerprint density at radius 3 is 2.25 bits per heavy atom. The van der Waals surface area contributed by atoms with Crippen LogP contribution in [0.15, 0.2) is 53.4 Å². The van der Waals surface area contributed by atoms with E-state index in [4.69, 9.17) is 4.74 Å². The molecule has 0 bridgehead atoms. The molecule has 0 saturated carbocycles. The van der Waals surface area contributed by atoms with Crippen molar-refractivity contribution in [1.82, 2.24) is 8.61 Å². The summed E-state index contributed by atoms with van der Waals surface area (Å²) in [6.07, 6.45) is 2.62. The van der Waals surface area contributed by atoms with Crippen LogP contribution in [0.1, 0.15) is 24.4 Å². The molecule has 174 valence electrons. The maximum absolute atomic E-state index is 13.3. The van der Waals surface area contributed by atoms with Gasteiger partial charge in [-0.3, -0.25) is 4.79 Å². The summed E-state index contributed by atoms with van der Waals surface area (Å²) in [5.41, 5.74) is 0.610. The number of likely N-dealkylation sites (N-methyl/N-ethyl adjacent to an activating group) is 1. The van der Waals surface area contributed by atoms with Gasteiger partial charge >= 0.3 is 0 Å². The highest BCUT2D eigenvalue weighted by Gasteiger charge is 2.32. The first kappa shape index (κ1) is 24.2. The van der Waals surface area contributed by atoms with E-state index in [0.717, 1.165) is 23.4 Å². The highest BCUT2D eigenvalue weighted by molar-refractivity contribution is 7.89. The number of hydrogen-bond donors (Lipinski definition) is 1. The van der Waals surface area contributed by atoms with Crippen molar-refractivity contribution in [2.24, 2.45) is 0 Å². The summed E-state index contributed by atoms with van der Waals surface area (Å²) in [4.78, 5) is 13.3. The summed E-state index contributed by atoms with van der Waals surface area (Å²) >= 11 is 0. The summed E-state index contributed by atoms with van der Waals surface area (Å²) in [5, 5.41) is 2.66. The third-order valence-electron chi connectivity index (χ3n) is 5.38. The first-order chi connectivity index (χ1) is 15.1. The molecular formula is C21H27N3O6S2. The van der Waals surface area contributed by atoms with E-state index in [1.807, 2.05) is 0 Å². The van der Waals surface area contributed by atoms with Gasteiger partial charge in [0.25, 0.3) is 0 Å². The highest BCUT2D eigenvalue weighted by atomic mass is 32.2. The van der Waals surface area contributed by atoms with Crippen LogP contribution < -0.4 is 10.1 Å². The second kappa shape index (κ2) is 9.57. The van der Waals surface area contributed by atoms with Crippen LogP contribution in [-0.2, 0) is 24.8 Å². The van der Waals surface area contributed by atoms with Crippen LogP contribution >= 0.6 is 0 Å². The van der Waals surface area contributed by atoms with Gasteiger partial charge in [0.05, 0.1) is 23.9 Å². The van der Waals surface area contributed by atoms with Gasteiger partial charge in [-0.1, -0.05) is 30.3 Å². The highest BCUT2D eigenvalue weighted by Crippen LogP contribution is 2.32. The summed E-state index contributed by atoms with van der Waals surface area (Å²) < 4.78 is 58.0. The number of nitrogens with zero attached hydrogens (tertiary/aromatic N) is 2. The number of carbonyl (C=O) groups is 1. The third kappa shape index (κ3) is 5.12. The van der Waals surface area contributed by atoms with Crippen molar-refractivity contribution < 1.29 is 26.4 Å². The lowest BCUT2D eigenvalue weighted by Crippen LogP contribution is -2.38. The number of benzene rings is 2. The first-order valence-corrected chi connectivity index (χ1v) is 13.3. The number of rotatable bonds is 8. The smallest absolute Gasteiger partial charge is 0.247 e. The number of hydrogen-bond acceptors (Lipinski definition) is 6. The topological polar surface area (TPSA) is 113 Å². The number of amides is 1. The summed E-state index contributed by atoms with van der Waals surface area (Å²) in [6, 6.07) is 11.5. The summed E-state index contributed by atoms with van der Waals surface area (Å²) in [6.45, 7) is 0.899. The van der Waals surface area contributed by atoms with Gasteiger partial charge in [-0.15, -0.1) is 0 Å². The second-order valence-electron chi connectivity index (χ2n) is 7.55. The molecule has 1 atom stereocenters. The second-order valence-corrected chi connectivity index (χ2v) is 11.5. The molecule has 1 heterocycles. The molecule has 2 aromatic carbocycles. The lowest BCUT2D eigenvalue weighted by atomic mass is 10.1. The fourth-order valence-electron chi connectivity index (χ4n) is 3.58. The Morgan fingerprint density at radius 1 is 1.06 bits per heavy atom. The zero-order valence-electron chi connectivity index (χ0n) is 18.2. The molecule has 2 aromatic rings. The molecule has 1 aliphatic heterocycles. The molecule has 1 fully saturated rings. The molecular weight excluding hydrogens is 454 g/mol. The van der Waals surface area contributed by atoms with E-state index in [0.29, 0.717) is 18.7 Å². The van der Waals surface area contributed by atoms with Crippen LogP contribution in [0.25, 0.3) is 0 Å². The van der Waals surface area contributed by atoms with E-state index >= 15 is 0 Å². The Hall–Kier alpha value is -2.47. The molecule has 1 saturated heterocycles. The van der Waals surface area contributed by atoms with E-state index < -0.39 is 32.0 Å². The number of methoxy groups -OCH3 is 1. The predicted molar refractivity (Wildman–Crippen MR) is 121 cm³/mol. The van der Waals surface area contributed by atoms with Crippen molar-refractivity contribution in [2.45, 2.75) is 23.8 Å². The Morgan fingerprint density at radius 2 is 1.69 bits per heavy atom. The van der Waals surface area contributed by atoms with Crippen molar-refractivity contribution in [3.8, 4) is 5.75 Å². The van der Waals surface area contributed by atoms with Gasteiger partial charge in [0, 0.05) is 20.1 Å². The maximum atomic E-state index is 13.3. The average molecular weight is 482 g/mol. The Kier molecular flexibility index (Phi) is 7.23. The van der Waals surface area contributed by atoms with E-state index in [-0.39, 0.29) is 16.3 Å². The van der Waals surface area contributed by atoms with Gasteiger partial charge in [-0.05, 0) is 36.6 Å². The minimum absolute atomic E-state index is 0.0308. The molecule has 3 rings (SSSR count). The van der Waals surface area contributed by atoms with Crippen molar-refractivity contribution in [2.75, 3.05) is 38.8 Å². The van der Waals surface area contributed by atoms with Crippen molar-refractivity contribution in [3.05, 3.63) is 54.1 Å². The first-order valence-electron chi connectivity index (χ1n) is 10.0. The molecule has 0 aliphatic carbocycles. The average Bonchev–Trinajstić information content (AvgIpc) is 3.30. The Labute approximate surface area is 189 Å². The molecule has 1 aliphatic rings. The SMILES string of the molecule is COc1ccc(S(=O)(=O)N2CCCC2)cc1NC(=O)[C@@H](c1ccccc1)N(C)S(C)(=O)=O. The largest absolute Gasteiger partial charge is 0.495 e. The van der Waals surface area contributed by atoms with Crippen LogP contribution in [0.2, 0.25) is 0 Å². The molecule has 0 spiro atoms. The van der Waals surface area contributed by atoms with Crippen molar-refractivity contribution in [3.63, 3.8) is 0 Å². The fourth-order valence-corrected chi connectivity index (χ4v) is 5.72. The van der Waals surface area contributed by atoms with Gasteiger partial charge in [-0.2, -0.15) is 8.61 Å². The van der Waals surface area contributed by atoms with E-state index in [2.05, 4.69) is 5.32 Å². The van der Waals surface area contributed by atoms with Crippen LogP contribution in [-0.4, -0.2) is 64.9 Å². The standard InChI is InChI=1S/C21H27N3O6S2/c1-23(31(3,26)27)20(16-9-5-4-6-10-16)21(25)22-18-15-17(11-12-19(18)30-2)32(28,29)24-13-7-8-14-24/h4-6,9-12,15,20H,7-8,13-14H2,1-3H3,(H,22,25)/t20-/m1/s1. The Balaban J connectivity index is 1.98. The molecule has 1 amide bonds. The monoisotopic (exact) mass is 481 g/mol. The molecule has 0 aromatic heterocycles. The molecule has 9 nitrogen and oxygen atoms in total. The maximum Gasteiger partial charge on any atom is 0.247 e. The quantitative estimate of drug-likeness (QED) is 0.617. The number of carbonyl (C=O) groups excluding carboxylic acids is 1. The van der Waals surface area contributed by atoms with Crippen molar-refractivity contribution >= 4 is 31.6 Å². The van der Waals surface area contributed by atoms with Crippen LogP contribution in [0.4, 0.5) is 5.69 Å². The molecule has 0 radical (unpaired) electrons. The van der Waals surface area contributed by atoms with Gasteiger partial charge < -0.3 is 10.1 Å². The minimum Gasteiger partial charge on any atom is -0.495 e. The molecule has 32 heavy (non-hydrogen) atoms. The van der Waals surface area contributed by atoms with Gasteiger partial charge in [0.2, 0.25) is 26.0 Å². The van der Waals surface area contributed by atoms with Crippen LogP contribution in [0.5, 0.6) is 5.75 Å². The summed E-state index contributed by atoms with van der Waals surface area (Å²) in [7, 11) is -4.70. The van der Waals surface area contributed by atoms with E-state index in [1.165, 1.54) is 36.7 Å². The van der Waals surface area contributed by atoms with E-state index in [9.17, 15) is 21.6 Å². The lowest BCUT2D eigenvalue weighted by molar-refractivity contribution is -0.119. The third-order valence-corrected chi connectivity index (χ3v) is 8.53. The number of ether oxygens (including phenoxy) is 1. The summed E-state index contributed by atoms with van der Waals surface area (Å²) in [5.74, 6) is -0.384. The number of nitrogens with one attached hydrogen (secondary N) is 1. The minimum atomic E-state index is -3.71. The lowest BCUT2D eigenvalue weighted by Gasteiger charge is -2.26. The van der Waals surface area contributed by atoms with Gasteiger partial charge in [0.15, 0.2) is 0 Å². The molecule has 1 N–H and O–H groups in total. The van der Waals surface area contributed by atoms with Gasteiger partial charge in [-0.25, -0.2) is 16.8 Å².